The van der Waals surface area contributed by atoms with Gasteiger partial charge in [-0.1, -0.05) is 13.8 Å². The lowest BCUT2D eigenvalue weighted by Gasteiger charge is -2.31. The van der Waals surface area contributed by atoms with Gasteiger partial charge in [0.25, 0.3) is 0 Å². The molecule has 0 aromatic carbocycles. The fraction of sp³-hybridized carbons (Fsp3) is 0.846. The van der Waals surface area contributed by atoms with Crippen molar-refractivity contribution >= 4 is 11.8 Å². The average molecular weight is 238 g/mol. The lowest BCUT2D eigenvalue weighted by molar-refractivity contribution is -0.136. The standard InChI is InChI=1S/C13H22N2O2/c1-3-10(4-2)15-8-7-11(16)14-12(13(15)17)9-5-6-9/h9-10,12H,3-8H2,1-2H3,(H,14,16). The summed E-state index contributed by atoms with van der Waals surface area (Å²) in [4.78, 5) is 26.0. The van der Waals surface area contributed by atoms with Crippen molar-refractivity contribution in [3.8, 4) is 0 Å². The van der Waals surface area contributed by atoms with Crippen molar-refractivity contribution in [2.24, 2.45) is 5.92 Å². The largest absolute Gasteiger partial charge is 0.344 e. The van der Waals surface area contributed by atoms with E-state index in [9.17, 15) is 9.59 Å². The third-order valence-electron chi connectivity index (χ3n) is 3.92. The van der Waals surface area contributed by atoms with Crippen LogP contribution in [0.1, 0.15) is 46.0 Å². The summed E-state index contributed by atoms with van der Waals surface area (Å²) in [6, 6.07) is 0.0436. The predicted octanol–water partition coefficient (Wildman–Crippen LogP) is 1.30. The van der Waals surface area contributed by atoms with E-state index in [0.717, 1.165) is 25.7 Å². The van der Waals surface area contributed by atoms with Gasteiger partial charge < -0.3 is 10.2 Å². The van der Waals surface area contributed by atoms with E-state index in [1.165, 1.54) is 0 Å². The van der Waals surface area contributed by atoms with Crippen LogP contribution in [0.3, 0.4) is 0 Å². The Bertz CT molecular complexity index is 309. The van der Waals surface area contributed by atoms with Gasteiger partial charge in [0.2, 0.25) is 11.8 Å². The third kappa shape index (κ3) is 2.61. The van der Waals surface area contributed by atoms with Crippen LogP contribution < -0.4 is 5.32 Å². The van der Waals surface area contributed by atoms with E-state index < -0.39 is 0 Å². The Morgan fingerprint density at radius 1 is 1.29 bits per heavy atom. The van der Waals surface area contributed by atoms with Crippen molar-refractivity contribution in [2.75, 3.05) is 6.54 Å². The average Bonchev–Trinajstić information content (AvgIpc) is 3.14. The lowest BCUT2D eigenvalue weighted by atomic mass is 10.1. The highest BCUT2D eigenvalue weighted by Crippen LogP contribution is 2.34. The summed E-state index contributed by atoms with van der Waals surface area (Å²) < 4.78 is 0. The second-order valence-electron chi connectivity index (χ2n) is 5.13. The number of hydrogen-bond donors (Lipinski definition) is 1. The Morgan fingerprint density at radius 2 is 1.94 bits per heavy atom. The molecule has 17 heavy (non-hydrogen) atoms. The van der Waals surface area contributed by atoms with E-state index in [2.05, 4.69) is 19.2 Å². The van der Waals surface area contributed by atoms with Crippen LogP contribution in [-0.4, -0.2) is 35.3 Å². The molecule has 2 fully saturated rings. The maximum Gasteiger partial charge on any atom is 0.245 e. The molecular weight excluding hydrogens is 216 g/mol. The van der Waals surface area contributed by atoms with Crippen LogP contribution in [0.5, 0.6) is 0 Å². The smallest absolute Gasteiger partial charge is 0.245 e. The van der Waals surface area contributed by atoms with Crippen LogP contribution in [-0.2, 0) is 9.59 Å². The minimum absolute atomic E-state index is 0.0312. The van der Waals surface area contributed by atoms with Gasteiger partial charge in [0.15, 0.2) is 0 Å². The summed E-state index contributed by atoms with van der Waals surface area (Å²) in [5.41, 5.74) is 0. The summed E-state index contributed by atoms with van der Waals surface area (Å²) in [6.45, 7) is 4.79. The number of carbonyl (C=O) groups is 2. The van der Waals surface area contributed by atoms with E-state index in [1.807, 2.05) is 4.90 Å². The first-order valence-corrected chi connectivity index (χ1v) is 6.77. The summed E-state index contributed by atoms with van der Waals surface area (Å²) in [7, 11) is 0. The minimum atomic E-state index is -0.245. The number of nitrogens with one attached hydrogen (secondary N) is 1. The third-order valence-corrected chi connectivity index (χ3v) is 3.92. The van der Waals surface area contributed by atoms with Gasteiger partial charge in [0.05, 0.1) is 0 Å². The van der Waals surface area contributed by atoms with E-state index in [1.54, 1.807) is 0 Å². The van der Waals surface area contributed by atoms with Crippen molar-refractivity contribution in [1.29, 1.82) is 0 Å². The zero-order valence-electron chi connectivity index (χ0n) is 10.7. The molecule has 96 valence electrons. The summed E-state index contributed by atoms with van der Waals surface area (Å²) in [5, 5.41) is 2.89. The molecule has 2 amide bonds. The second-order valence-corrected chi connectivity index (χ2v) is 5.13. The van der Waals surface area contributed by atoms with Crippen molar-refractivity contribution in [2.45, 2.75) is 58.0 Å². The Hall–Kier alpha value is -1.06. The molecule has 0 radical (unpaired) electrons. The number of amides is 2. The first kappa shape index (κ1) is 12.4. The van der Waals surface area contributed by atoms with Crippen molar-refractivity contribution in [3.05, 3.63) is 0 Å². The molecule has 2 rings (SSSR count). The number of nitrogens with zero attached hydrogens (tertiary/aromatic N) is 1. The molecule has 1 saturated heterocycles. The molecule has 0 aromatic heterocycles. The molecule has 1 aliphatic carbocycles. The van der Waals surface area contributed by atoms with Gasteiger partial charge in [0.1, 0.15) is 6.04 Å². The van der Waals surface area contributed by atoms with Gasteiger partial charge in [-0.3, -0.25) is 9.59 Å². The van der Waals surface area contributed by atoms with Crippen molar-refractivity contribution < 1.29 is 9.59 Å². The number of hydrogen-bond acceptors (Lipinski definition) is 2. The number of rotatable bonds is 4. The maximum atomic E-state index is 12.4. The Balaban J connectivity index is 2.14. The zero-order valence-corrected chi connectivity index (χ0v) is 10.7. The Morgan fingerprint density at radius 3 is 2.47 bits per heavy atom. The second kappa shape index (κ2) is 5.07. The Kier molecular flexibility index (Phi) is 3.69. The SMILES string of the molecule is CCC(CC)N1CCC(=O)NC(C2CC2)C1=O. The molecule has 2 aliphatic rings. The van der Waals surface area contributed by atoms with E-state index in [4.69, 9.17) is 0 Å². The first-order valence-electron chi connectivity index (χ1n) is 6.77. The molecule has 1 aliphatic heterocycles. The highest BCUT2D eigenvalue weighted by atomic mass is 16.2. The molecule has 4 nitrogen and oxygen atoms in total. The topological polar surface area (TPSA) is 49.4 Å². The van der Waals surface area contributed by atoms with Gasteiger partial charge in [0, 0.05) is 19.0 Å². The van der Waals surface area contributed by atoms with Crippen molar-refractivity contribution in [3.63, 3.8) is 0 Å². The van der Waals surface area contributed by atoms with Crippen LogP contribution in [0.15, 0.2) is 0 Å². The van der Waals surface area contributed by atoms with Gasteiger partial charge in [-0.15, -0.1) is 0 Å². The van der Waals surface area contributed by atoms with Crippen LogP contribution in [0.25, 0.3) is 0 Å². The zero-order chi connectivity index (χ0) is 12.4. The summed E-state index contributed by atoms with van der Waals surface area (Å²) in [6.07, 6.45) is 4.54. The molecule has 1 heterocycles. The molecule has 1 saturated carbocycles. The van der Waals surface area contributed by atoms with Gasteiger partial charge in [-0.05, 0) is 31.6 Å². The molecule has 4 heteroatoms. The van der Waals surface area contributed by atoms with Crippen LogP contribution in [0.4, 0.5) is 0 Å². The maximum absolute atomic E-state index is 12.4. The Labute approximate surface area is 103 Å². The van der Waals surface area contributed by atoms with Gasteiger partial charge in [-0.2, -0.15) is 0 Å². The highest BCUT2D eigenvalue weighted by Gasteiger charge is 2.41. The van der Waals surface area contributed by atoms with E-state index >= 15 is 0 Å². The lowest BCUT2D eigenvalue weighted by Crippen LogP contribution is -2.49. The summed E-state index contributed by atoms with van der Waals surface area (Å²) >= 11 is 0. The van der Waals surface area contributed by atoms with E-state index in [0.29, 0.717) is 18.9 Å². The van der Waals surface area contributed by atoms with Gasteiger partial charge in [-0.25, -0.2) is 0 Å². The molecule has 0 spiro atoms. The monoisotopic (exact) mass is 238 g/mol. The normalized spacial score (nSPS) is 26.1. The van der Waals surface area contributed by atoms with E-state index in [-0.39, 0.29) is 23.9 Å². The molecule has 0 bridgehead atoms. The van der Waals surface area contributed by atoms with Crippen LogP contribution in [0, 0.1) is 5.92 Å². The first-order chi connectivity index (χ1) is 8.17. The molecule has 0 aromatic rings. The van der Waals surface area contributed by atoms with Crippen LogP contribution in [0.2, 0.25) is 0 Å². The van der Waals surface area contributed by atoms with Crippen molar-refractivity contribution in [1.82, 2.24) is 10.2 Å². The quantitative estimate of drug-likeness (QED) is 0.802. The molecular formula is C13H22N2O2. The fourth-order valence-corrected chi connectivity index (χ4v) is 2.66. The molecule has 1 atom stereocenters. The number of carbonyl (C=O) groups excluding carboxylic acids is 2. The van der Waals surface area contributed by atoms with Gasteiger partial charge >= 0.3 is 0 Å². The predicted molar refractivity (Wildman–Crippen MR) is 65.4 cm³/mol. The molecule has 1 unspecified atom stereocenters. The fourth-order valence-electron chi connectivity index (χ4n) is 2.66. The van der Waals surface area contributed by atoms with Crippen LogP contribution >= 0.6 is 0 Å². The minimum Gasteiger partial charge on any atom is -0.344 e. The summed E-state index contributed by atoms with van der Waals surface area (Å²) in [5.74, 6) is 0.567. The molecule has 1 N–H and O–H groups in total. The highest BCUT2D eigenvalue weighted by molar-refractivity contribution is 5.90.